The average molecular weight is 802 g/mol. The third-order valence-corrected chi connectivity index (χ3v) is 12.3. The first kappa shape index (κ1) is 37.7. The molecule has 0 aliphatic heterocycles. The molecule has 0 aliphatic carbocycles. The number of rotatable bonds is 9. The van der Waals surface area contributed by atoms with Crippen LogP contribution < -0.4 is 4.90 Å². The van der Waals surface area contributed by atoms with Crippen molar-refractivity contribution < 1.29 is 0 Å². The lowest BCUT2D eigenvalue weighted by Gasteiger charge is -2.27. The first-order valence-electron chi connectivity index (χ1n) is 21.7. The van der Waals surface area contributed by atoms with Crippen molar-refractivity contribution in [2.24, 2.45) is 0 Å². The Labute approximate surface area is 369 Å². The Bertz CT molecular complexity index is 3390. The van der Waals surface area contributed by atoms with Gasteiger partial charge in [0.25, 0.3) is 0 Å². The van der Waals surface area contributed by atoms with Crippen LogP contribution >= 0.6 is 0 Å². The van der Waals surface area contributed by atoms with E-state index >= 15 is 0 Å². The summed E-state index contributed by atoms with van der Waals surface area (Å²) in [6, 6.07) is 94.7. The molecule has 0 aliphatic rings. The van der Waals surface area contributed by atoms with Gasteiger partial charge in [0.1, 0.15) is 0 Å². The van der Waals surface area contributed by atoms with Crippen molar-refractivity contribution in [3.05, 3.63) is 261 Å². The van der Waals surface area contributed by atoms with E-state index in [1.54, 1.807) is 0 Å². The van der Waals surface area contributed by atoms with Crippen LogP contribution in [0.5, 0.6) is 0 Å². The van der Waals surface area contributed by atoms with Gasteiger partial charge in [-0.15, -0.1) is 0 Å². The van der Waals surface area contributed by atoms with E-state index in [0.29, 0.717) is 0 Å². The molecule has 11 aromatic carbocycles. The van der Waals surface area contributed by atoms with E-state index in [0.717, 1.165) is 22.6 Å². The van der Waals surface area contributed by atoms with E-state index in [9.17, 15) is 0 Å². The molecule has 0 fully saturated rings. The summed E-state index contributed by atoms with van der Waals surface area (Å²) >= 11 is 0. The van der Waals surface area contributed by atoms with Crippen molar-refractivity contribution in [3.63, 3.8) is 0 Å². The summed E-state index contributed by atoms with van der Waals surface area (Å²) in [5.74, 6) is 0. The summed E-state index contributed by atoms with van der Waals surface area (Å²) in [6.45, 7) is 0. The highest BCUT2D eigenvalue weighted by Crippen LogP contribution is 2.44. The molecule has 0 radical (unpaired) electrons. The maximum absolute atomic E-state index is 2.39. The fourth-order valence-electron chi connectivity index (χ4n) is 9.23. The Morgan fingerprint density at radius 1 is 0.190 bits per heavy atom. The second-order valence-corrected chi connectivity index (χ2v) is 16.1. The second kappa shape index (κ2) is 16.7. The van der Waals surface area contributed by atoms with Crippen LogP contribution in [0.1, 0.15) is 0 Å². The Morgan fingerprint density at radius 2 is 0.603 bits per heavy atom. The van der Waals surface area contributed by atoms with Crippen molar-refractivity contribution in [2.45, 2.75) is 0 Å². The zero-order chi connectivity index (χ0) is 42.0. The molecule has 11 rings (SSSR count). The minimum absolute atomic E-state index is 1.08. The molecule has 0 saturated carbocycles. The highest BCUT2D eigenvalue weighted by molar-refractivity contribution is 5.99. The highest BCUT2D eigenvalue weighted by atomic mass is 15.1. The third kappa shape index (κ3) is 7.37. The number of anilines is 3. The summed E-state index contributed by atoms with van der Waals surface area (Å²) in [4.78, 5) is 2.39. The topological polar surface area (TPSA) is 3.24 Å². The van der Waals surface area contributed by atoms with Crippen LogP contribution in [0.15, 0.2) is 261 Å². The molecule has 11 aromatic rings. The van der Waals surface area contributed by atoms with Gasteiger partial charge in [0.2, 0.25) is 0 Å². The molecular weight excluding hydrogens is 759 g/mol. The van der Waals surface area contributed by atoms with E-state index in [1.807, 2.05) is 0 Å². The highest BCUT2D eigenvalue weighted by Gasteiger charge is 2.18. The van der Waals surface area contributed by atoms with Gasteiger partial charge in [-0.2, -0.15) is 0 Å². The van der Waals surface area contributed by atoms with Gasteiger partial charge in [-0.1, -0.05) is 218 Å². The van der Waals surface area contributed by atoms with Gasteiger partial charge in [0.05, 0.1) is 0 Å². The second-order valence-electron chi connectivity index (χ2n) is 16.1. The van der Waals surface area contributed by atoms with Crippen molar-refractivity contribution >= 4 is 38.6 Å². The first-order valence-corrected chi connectivity index (χ1v) is 21.7. The normalized spacial score (nSPS) is 11.2. The van der Waals surface area contributed by atoms with E-state index in [-0.39, 0.29) is 0 Å². The van der Waals surface area contributed by atoms with Gasteiger partial charge in [-0.25, -0.2) is 0 Å². The zero-order valence-electron chi connectivity index (χ0n) is 34.8. The number of nitrogens with zero attached hydrogens (tertiary/aromatic N) is 1. The minimum Gasteiger partial charge on any atom is -0.310 e. The molecular formula is C62H43N. The van der Waals surface area contributed by atoms with E-state index in [2.05, 4.69) is 266 Å². The maximum Gasteiger partial charge on any atom is 0.0467 e. The zero-order valence-corrected chi connectivity index (χ0v) is 34.8. The van der Waals surface area contributed by atoms with Gasteiger partial charge in [0.15, 0.2) is 0 Å². The Kier molecular flexibility index (Phi) is 9.97. The molecule has 0 saturated heterocycles. The molecule has 0 aromatic heterocycles. The molecule has 296 valence electrons. The summed E-state index contributed by atoms with van der Waals surface area (Å²) < 4.78 is 0. The van der Waals surface area contributed by atoms with Crippen LogP contribution in [0.2, 0.25) is 0 Å². The van der Waals surface area contributed by atoms with E-state index in [1.165, 1.54) is 82.7 Å². The van der Waals surface area contributed by atoms with Crippen LogP contribution in [0.3, 0.4) is 0 Å². The van der Waals surface area contributed by atoms with Crippen molar-refractivity contribution in [2.75, 3.05) is 4.90 Å². The summed E-state index contributed by atoms with van der Waals surface area (Å²) in [6.07, 6.45) is 0. The van der Waals surface area contributed by atoms with Crippen LogP contribution in [0.4, 0.5) is 17.1 Å². The van der Waals surface area contributed by atoms with Crippen LogP contribution in [-0.4, -0.2) is 0 Å². The number of benzene rings is 11. The van der Waals surface area contributed by atoms with Crippen molar-refractivity contribution in [3.8, 4) is 66.8 Å². The molecule has 0 atom stereocenters. The fourth-order valence-corrected chi connectivity index (χ4v) is 9.23. The third-order valence-electron chi connectivity index (χ3n) is 12.3. The molecule has 0 N–H and O–H groups in total. The molecule has 0 unspecified atom stereocenters. The first-order chi connectivity index (χ1) is 31.2. The Morgan fingerprint density at radius 3 is 1.27 bits per heavy atom. The summed E-state index contributed by atoms with van der Waals surface area (Å²) in [5.41, 5.74) is 17.7. The molecule has 0 spiro atoms. The van der Waals surface area contributed by atoms with Gasteiger partial charge < -0.3 is 4.90 Å². The van der Waals surface area contributed by atoms with Crippen LogP contribution in [0.25, 0.3) is 88.3 Å². The molecule has 63 heavy (non-hydrogen) atoms. The Balaban J connectivity index is 1.02. The summed E-state index contributed by atoms with van der Waals surface area (Å²) in [5, 5.41) is 4.96. The van der Waals surface area contributed by atoms with Crippen molar-refractivity contribution in [1.82, 2.24) is 0 Å². The predicted molar refractivity (Wildman–Crippen MR) is 269 cm³/mol. The molecule has 0 amide bonds. The lowest BCUT2D eigenvalue weighted by Crippen LogP contribution is -2.10. The average Bonchev–Trinajstić information content (AvgIpc) is 3.37. The fraction of sp³-hybridized carbons (Fsp3) is 0. The quantitative estimate of drug-likeness (QED) is 0.141. The SMILES string of the molecule is c1ccc(-c2ccccc2-c2ccccc2-c2ccccc2-c2ccc(N(c3cccc(-c4ccc5ccccc5c4)c3)c3cccc(-c4cccc5ccccc45)c3)cc2)cc1. The van der Waals surface area contributed by atoms with Gasteiger partial charge in [-0.05, 0) is 131 Å². The molecule has 1 nitrogen and oxygen atoms in total. The standard InChI is InChI=1S/C62H43N/c1-2-18-45(19-3-1)56-28-8-10-30-59(56)61-32-12-13-33-62(61)60-31-11-9-29-57(60)47-37-39-52(40-38-47)63(53-25-14-23-49(42-53)50-36-35-44-17-4-5-21-48(44)41-50)54-26-15-24-51(43-54)58-34-16-22-46-20-6-7-27-55(46)58/h1-43H. The largest absolute Gasteiger partial charge is 0.310 e. The smallest absolute Gasteiger partial charge is 0.0467 e. The molecule has 0 heterocycles. The van der Waals surface area contributed by atoms with Gasteiger partial charge in [-0.3, -0.25) is 0 Å². The van der Waals surface area contributed by atoms with Gasteiger partial charge >= 0.3 is 0 Å². The summed E-state index contributed by atoms with van der Waals surface area (Å²) in [7, 11) is 0. The maximum atomic E-state index is 2.39. The van der Waals surface area contributed by atoms with Crippen molar-refractivity contribution in [1.29, 1.82) is 0 Å². The Hall–Kier alpha value is -8.26. The lowest BCUT2D eigenvalue weighted by atomic mass is 9.87. The monoisotopic (exact) mass is 801 g/mol. The molecule has 0 bridgehead atoms. The predicted octanol–water partition coefficient (Wildman–Crippen LogP) is 17.5. The number of hydrogen-bond donors (Lipinski definition) is 0. The van der Waals surface area contributed by atoms with E-state index in [4.69, 9.17) is 0 Å². The van der Waals surface area contributed by atoms with Crippen LogP contribution in [0, 0.1) is 0 Å². The minimum atomic E-state index is 1.08. The number of hydrogen-bond acceptors (Lipinski definition) is 1. The van der Waals surface area contributed by atoms with Gasteiger partial charge in [0, 0.05) is 17.1 Å². The van der Waals surface area contributed by atoms with E-state index < -0.39 is 0 Å². The number of fused-ring (bicyclic) bond motifs is 2. The molecule has 1 heteroatoms. The lowest BCUT2D eigenvalue weighted by molar-refractivity contribution is 1.28. The van der Waals surface area contributed by atoms with Crippen LogP contribution in [-0.2, 0) is 0 Å².